The molecule has 2 aromatic carbocycles. The fourth-order valence-electron chi connectivity index (χ4n) is 2.41. The number of rotatable bonds is 8. The van der Waals surface area contributed by atoms with Crippen LogP contribution in [0.15, 0.2) is 53.7 Å². The summed E-state index contributed by atoms with van der Waals surface area (Å²) in [6.07, 6.45) is 0. The average Bonchev–Trinajstić information content (AvgIpc) is 3.09. The van der Waals surface area contributed by atoms with Crippen LogP contribution in [0.2, 0.25) is 5.02 Å². The third-order valence-electron chi connectivity index (χ3n) is 3.77. The van der Waals surface area contributed by atoms with E-state index in [2.05, 4.69) is 15.5 Å². The van der Waals surface area contributed by atoms with Crippen molar-refractivity contribution in [1.82, 2.24) is 14.8 Å². The van der Waals surface area contributed by atoms with Crippen LogP contribution in [0.1, 0.15) is 12.7 Å². The summed E-state index contributed by atoms with van der Waals surface area (Å²) >= 11 is 7.09. The van der Waals surface area contributed by atoms with Crippen LogP contribution in [0.5, 0.6) is 5.75 Å². The second-order valence-electron chi connectivity index (χ2n) is 5.70. The minimum Gasteiger partial charge on any atom is -0.486 e. The number of nitrogens with zero attached hydrogens (tertiary/aromatic N) is 3. The van der Waals surface area contributed by atoms with Crippen molar-refractivity contribution in [3.05, 3.63) is 65.2 Å². The van der Waals surface area contributed by atoms with Gasteiger partial charge in [-0.1, -0.05) is 35.5 Å². The molecule has 0 atom stereocenters. The number of halogens is 2. The van der Waals surface area contributed by atoms with Crippen molar-refractivity contribution >= 4 is 35.0 Å². The summed E-state index contributed by atoms with van der Waals surface area (Å²) in [7, 11) is 0. The molecule has 0 aliphatic heterocycles. The summed E-state index contributed by atoms with van der Waals surface area (Å²) in [4.78, 5) is 12.1. The number of hydrogen-bond donors (Lipinski definition) is 1. The maximum atomic E-state index is 13.6. The summed E-state index contributed by atoms with van der Waals surface area (Å²) in [5, 5.41) is 12.1. The lowest BCUT2D eigenvalue weighted by Crippen LogP contribution is -2.15. The average molecular weight is 421 g/mol. The Morgan fingerprint density at radius 1 is 1.21 bits per heavy atom. The van der Waals surface area contributed by atoms with Gasteiger partial charge in [-0.2, -0.15) is 0 Å². The zero-order valence-corrected chi connectivity index (χ0v) is 16.6. The van der Waals surface area contributed by atoms with Gasteiger partial charge < -0.3 is 14.6 Å². The fourth-order valence-corrected chi connectivity index (χ4v) is 3.36. The Hall–Kier alpha value is -2.58. The highest BCUT2D eigenvalue weighted by atomic mass is 35.5. The van der Waals surface area contributed by atoms with E-state index in [9.17, 15) is 9.18 Å². The normalized spacial score (nSPS) is 10.7. The predicted octanol–water partition coefficient (Wildman–Crippen LogP) is 4.40. The molecule has 3 aromatic rings. The van der Waals surface area contributed by atoms with Crippen molar-refractivity contribution in [2.24, 2.45) is 0 Å². The van der Waals surface area contributed by atoms with E-state index in [1.807, 2.05) is 11.5 Å². The van der Waals surface area contributed by atoms with Gasteiger partial charge in [-0.25, -0.2) is 4.39 Å². The third kappa shape index (κ3) is 5.24. The minimum atomic E-state index is -0.473. The number of carbonyl (C=O) groups is 1. The van der Waals surface area contributed by atoms with Gasteiger partial charge in [0.2, 0.25) is 5.91 Å². The Bertz CT molecular complexity index is 949. The summed E-state index contributed by atoms with van der Waals surface area (Å²) in [6.45, 7) is 2.83. The number of thioether (sulfide) groups is 1. The Kier molecular flexibility index (Phi) is 6.89. The molecule has 28 heavy (non-hydrogen) atoms. The van der Waals surface area contributed by atoms with Crippen LogP contribution in [0, 0.1) is 5.82 Å². The van der Waals surface area contributed by atoms with Gasteiger partial charge in [0.1, 0.15) is 18.2 Å². The number of nitrogens with one attached hydrogen (secondary N) is 1. The molecular formula is C19H18ClFN4O2S. The summed E-state index contributed by atoms with van der Waals surface area (Å²) < 4.78 is 21.2. The summed E-state index contributed by atoms with van der Waals surface area (Å²) in [5.74, 6) is 0.617. The molecule has 0 unspecified atom stereocenters. The second-order valence-corrected chi connectivity index (χ2v) is 7.08. The Morgan fingerprint density at radius 3 is 2.68 bits per heavy atom. The lowest BCUT2D eigenvalue weighted by molar-refractivity contribution is -0.113. The van der Waals surface area contributed by atoms with Gasteiger partial charge in [0.25, 0.3) is 0 Å². The minimum absolute atomic E-state index is 0.0878. The number of carbonyl (C=O) groups excluding carboxylic acids is 1. The molecule has 0 spiro atoms. The highest BCUT2D eigenvalue weighted by Crippen LogP contribution is 2.20. The molecule has 0 saturated carbocycles. The molecule has 1 aromatic heterocycles. The molecule has 9 heteroatoms. The predicted molar refractivity (Wildman–Crippen MR) is 107 cm³/mol. The van der Waals surface area contributed by atoms with Crippen LogP contribution in [-0.4, -0.2) is 26.4 Å². The van der Waals surface area contributed by atoms with Crippen molar-refractivity contribution in [1.29, 1.82) is 0 Å². The molecule has 0 saturated heterocycles. The van der Waals surface area contributed by atoms with Gasteiger partial charge in [-0.15, -0.1) is 10.2 Å². The standard InChI is InChI=1S/C19H18ClFN4O2S/c1-2-25-17(11-27-14-9-7-13(20)8-10-14)23-24-19(25)28-12-18(26)22-16-6-4-3-5-15(16)21/h3-10H,2,11-12H2,1H3,(H,22,26). The van der Waals surface area contributed by atoms with E-state index in [1.165, 1.54) is 23.9 Å². The van der Waals surface area contributed by atoms with Gasteiger partial charge in [0.15, 0.2) is 11.0 Å². The highest BCUT2D eigenvalue weighted by molar-refractivity contribution is 7.99. The van der Waals surface area contributed by atoms with E-state index in [1.54, 1.807) is 36.4 Å². The molecule has 1 N–H and O–H groups in total. The maximum absolute atomic E-state index is 13.6. The lowest BCUT2D eigenvalue weighted by atomic mass is 10.3. The van der Waals surface area contributed by atoms with Crippen LogP contribution >= 0.6 is 23.4 Å². The number of para-hydroxylation sites is 1. The highest BCUT2D eigenvalue weighted by Gasteiger charge is 2.14. The number of anilines is 1. The maximum Gasteiger partial charge on any atom is 0.234 e. The van der Waals surface area contributed by atoms with Crippen LogP contribution < -0.4 is 10.1 Å². The van der Waals surface area contributed by atoms with E-state index in [-0.39, 0.29) is 24.0 Å². The summed E-state index contributed by atoms with van der Waals surface area (Å²) in [5.41, 5.74) is 0.155. The van der Waals surface area contributed by atoms with Crippen molar-refractivity contribution in [3.63, 3.8) is 0 Å². The van der Waals surface area contributed by atoms with E-state index in [0.717, 1.165) is 0 Å². The molecule has 1 heterocycles. The van der Waals surface area contributed by atoms with Crippen LogP contribution in [-0.2, 0) is 17.9 Å². The fraction of sp³-hybridized carbons (Fsp3) is 0.211. The number of benzene rings is 2. The SMILES string of the molecule is CCn1c(COc2ccc(Cl)cc2)nnc1SCC(=O)Nc1ccccc1F. The van der Waals surface area contributed by atoms with Gasteiger partial charge in [-0.3, -0.25) is 4.79 Å². The van der Waals surface area contributed by atoms with E-state index in [4.69, 9.17) is 16.3 Å². The first-order chi connectivity index (χ1) is 13.6. The van der Waals surface area contributed by atoms with E-state index >= 15 is 0 Å². The molecule has 3 rings (SSSR count). The lowest BCUT2D eigenvalue weighted by Gasteiger charge is -2.09. The zero-order chi connectivity index (χ0) is 19.9. The molecule has 6 nitrogen and oxygen atoms in total. The largest absolute Gasteiger partial charge is 0.486 e. The van der Waals surface area contributed by atoms with Gasteiger partial charge in [0.05, 0.1) is 11.4 Å². The van der Waals surface area contributed by atoms with Crippen LogP contribution in [0.25, 0.3) is 0 Å². The molecule has 0 radical (unpaired) electrons. The number of hydrogen-bond acceptors (Lipinski definition) is 5. The van der Waals surface area contributed by atoms with E-state index < -0.39 is 5.82 Å². The topological polar surface area (TPSA) is 69.0 Å². The van der Waals surface area contributed by atoms with Crippen molar-refractivity contribution in [2.75, 3.05) is 11.1 Å². The smallest absolute Gasteiger partial charge is 0.234 e. The monoisotopic (exact) mass is 420 g/mol. The first-order valence-corrected chi connectivity index (χ1v) is 9.90. The molecular weight excluding hydrogens is 403 g/mol. The van der Waals surface area contributed by atoms with Gasteiger partial charge in [-0.05, 0) is 43.3 Å². The number of ether oxygens (including phenoxy) is 1. The first-order valence-electron chi connectivity index (χ1n) is 8.54. The summed E-state index contributed by atoms with van der Waals surface area (Å²) in [6, 6.07) is 13.1. The van der Waals surface area contributed by atoms with Crippen molar-refractivity contribution in [2.45, 2.75) is 25.2 Å². The molecule has 0 aliphatic rings. The number of amides is 1. The zero-order valence-electron chi connectivity index (χ0n) is 15.1. The Balaban J connectivity index is 1.58. The van der Waals surface area contributed by atoms with Crippen molar-refractivity contribution < 1.29 is 13.9 Å². The second kappa shape index (κ2) is 9.57. The van der Waals surface area contributed by atoms with Gasteiger partial charge >= 0.3 is 0 Å². The molecule has 0 bridgehead atoms. The molecule has 146 valence electrons. The van der Waals surface area contributed by atoms with E-state index in [0.29, 0.717) is 28.3 Å². The Labute approximate surface area is 171 Å². The van der Waals surface area contributed by atoms with Gasteiger partial charge in [0, 0.05) is 11.6 Å². The van der Waals surface area contributed by atoms with Crippen LogP contribution in [0.4, 0.5) is 10.1 Å². The quantitative estimate of drug-likeness (QED) is 0.547. The molecule has 0 fully saturated rings. The molecule has 0 aliphatic carbocycles. The molecule has 1 amide bonds. The Morgan fingerprint density at radius 2 is 1.96 bits per heavy atom. The van der Waals surface area contributed by atoms with Crippen molar-refractivity contribution in [3.8, 4) is 5.75 Å². The first kappa shape index (κ1) is 20.2. The van der Waals surface area contributed by atoms with Crippen LogP contribution in [0.3, 0.4) is 0 Å². The third-order valence-corrected chi connectivity index (χ3v) is 4.99. The number of aromatic nitrogens is 3.